The Morgan fingerprint density at radius 2 is 1.95 bits per heavy atom. The number of H-pyrrole nitrogens is 1. The van der Waals surface area contributed by atoms with Crippen LogP contribution in [0.25, 0.3) is 22.2 Å². The maximum Gasteiger partial charge on any atom is 0.251 e. The highest BCUT2D eigenvalue weighted by Crippen LogP contribution is 2.21. The Hall–Kier alpha value is -2.49. The van der Waals surface area contributed by atoms with Gasteiger partial charge in [0.2, 0.25) is 0 Å². The molecular formula is C16H15N3O. The zero-order valence-electron chi connectivity index (χ0n) is 11.4. The molecule has 0 spiro atoms. The molecule has 100 valence electrons. The Balaban J connectivity index is 2.17. The van der Waals surface area contributed by atoms with Crippen LogP contribution in [0.1, 0.15) is 25.6 Å². The minimum absolute atomic E-state index is 0.133. The topological polar surface area (TPSA) is 58.6 Å². The number of rotatable bonds is 2. The first-order valence-electron chi connectivity index (χ1n) is 6.60. The molecule has 0 saturated carbocycles. The number of hydrogen-bond donors (Lipinski definition) is 1. The summed E-state index contributed by atoms with van der Waals surface area (Å²) in [5.74, 6) is 0.872. The van der Waals surface area contributed by atoms with Gasteiger partial charge in [-0.05, 0) is 12.1 Å². The fourth-order valence-electron chi connectivity index (χ4n) is 2.11. The van der Waals surface area contributed by atoms with Crippen LogP contribution in [0.5, 0.6) is 0 Å². The zero-order valence-corrected chi connectivity index (χ0v) is 11.4. The molecule has 2 aromatic heterocycles. The van der Waals surface area contributed by atoms with Crippen molar-refractivity contribution in [2.75, 3.05) is 0 Å². The van der Waals surface area contributed by atoms with Gasteiger partial charge in [0.25, 0.3) is 5.56 Å². The summed E-state index contributed by atoms with van der Waals surface area (Å²) in [6, 6.07) is 11.4. The van der Waals surface area contributed by atoms with Crippen LogP contribution < -0.4 is 5.56 Å². The smallest absolute Gasteiger partial charge is 0.251 e. The molecule has 0 aliphatic heterocycles. The number of benzene rings is 1. The molecule has 1 N–H and O–H groups in total. The van der Waals surface area contributed by atoms with Gasteiger partial charge in [-0.2, -0.15) is 0 Å². The van der Waals surface area contributed by atoms with E-state index in [4.69, 9.17) is 0 Å². The number of para-hydroxylation sites is 1. The number of aromatic nitrogens is 3. The van der Waals surface area contributed by atoms with Crippen molar-refractivity contribution in [3.63, 3.8) is 0 Å². The normalized spacial score (nSPS) is 11.2. The van der Waals surface area contributed by atoms with Gasteiger partial charge in [0.05, 0.1) is 11.2 Å². The van der Waals surface area contributed by atoms with E-state index in [1.165, 1.54) is 6.07 Å². The van der Waals surface area contributed by atoms with Crippen molar-refractivity contribution in [3.8, 4) is 11.3 Å². The Labute approximate surface area is 116 Å². The number of pyridine rings is 1. The number of fused-ring (bicyclic) bond motifs is 1. The largest absolute Gasteiger partial charge is 0.310 e. The van der Waals surface area contributed by atoms with Crippen LogP contribution >= 0.6 is 0 Å². The second-order valence-electron chi connectivity index (χ2n) is 5.09. The predicted molar refractivity (Wildman–Crippen MR) is 79.7 cm³/mol. The average molecular weight is 265 g/mol. The third-order valence-electron chi connectivity index (χ3n) is 3.19. The molecule has 4 nitrogen and oxygen atoms in total. The molecule has 4 heteroatoms. The number of hydrogen-bond acceptors (Lipinski definition) is 3. The minimum Gasteiger partial charge on any atom is -0.310 e. The molecular weight excluding hydrogens is 250 g/mol. The molecule has 0 amide bonds. The van der Waals surface area contributed by atoms with Crippen LogP contribution in [0.15, 0.2) is 47.4 Å². The monoisotopic (exact) mass is 265 g/mol. The first kappa shape index (κ1) is 12.5. The average Bonchev–Trinajstić information content (AvgIpc) is 2.46. The van der Waals surface area contributed by atoms with Gasteiger partial charge in [-0.3, -0.25) is 9.78 Å². The lowest BCUT2D eigenvalue weighted by Gasteiger charge is -2.07. The fourth-order valence-corrected chi connectivity index (χ4v) is 2.11. The summed E-state index contributed by atoms with van der Waals surface area (Å²) >= 11 is 0. The molecule has 1 aromatic carbocycles. The molecule has 0 saturated heterocycles. The quantitative estimate of drug-likeness (QED) is 0.774. The number of aromatic amines is 1. The van der Waals surface area contributed by atoms with Crippen molar-refractivity contribution in [2.24, 2.45) is 0 Å². The lowest BCUT2D eigenvalue weighted by Crippen LogP contribution is -2.12. The summed E-state index contributed by atoms with van der Waals surface area (Å²) in [6.07, 6.45) is 1.76. The van der Waals surface area contributed by atoms with Crippen LogP contribution in [-0.2, 0) is 0 Å². The highest BCUT2D eigenvalue weighted by Gasteiger charge is 2.08. The molecule has 0 aliphatic rings. The number of nitrogens with one attached hydrogen (secondary N) is 1. The molecule has 20 heavy (non-hydrogen) atoms. The van der Waals surface area contributed by atoms with E-state index in [0.717, 1.165) is 16.5 Å². The molecule has 0 bridgehead atoms. The van der Waals surface area contributed by atoms with Crippen LogP contribution in [0.3, 0.4) is 0 Å². The van der Waals surface area contributed by atoms with Gasteiger partial charge in [0, 0.05) is 29.1 Å². The van der Waals surface area contributed by atoms with Gasteiger partial charge in [0.1, 0.15) is 5.82 Å². The van der Waals surface area contributed by atoms with E-state index < -0.39 is 0 Å². The zero-order chi connectivity index (χ0) is 14.1. The molecule has 0 atom stereocenters. The minimum atomic E-state index is -0.133. The van der Waals surface area contributed by atoms with Crippen LogP contribution in [-0.4, -0.2) is 15.0 Å². The summed E-state index contributed by atoms with van der Waals surface area (Å²) < 4.78 is 0. The van der Waals surface area contributed by atoms with Crippen molar-refractivity contribution in [2.45, 2.75) is 19.8 Å². The maximum absolute atomic E-state index is 11.7. The molecule has 0 unspecified atom stereocenters. The van der Waals surface area contributed by atoms with Gasteiger partial charge < -0.3 is 4.98 Å². The third-order valence-corrected chi connectivity index (χ3v) is 3.19. The standard InChI is InChI=1S/C16H15N3O/c1-10(2)16-18-14(8-15(20)19-16)12-7-11-5-3-4-6-13(11)17-9-12/h3-10H,1-2H3,(H,18,19,20). The second-order valence-corrected chi connectivity index (χ2v) is 5.09. The van der Waals surface area contributed by atoms with Crippen molar-refractivity contribution >= 4 is 10.9 Å². The van der Waals surface area contributed by atoms with Crippen LogP contribution in [0, 0.1) is 0 Å². The van der Waals surface area contributed by atoms with Crippen molar-refractivity contribution in [3.05, 3.63) is 58.8 Å². The molecule has 0 aliphatic carbocycles. The maximum atomic E-state index is 11.7. The molecule has 3 rings (SSSR count). The number of nitrogens with zero attached hydrogens (tertiary/aromatic N) is 2. The first-order chi connectivity index (χ1) is 9.63. The Bertz CT molecular complexity index is 821. The fraction of sp³-hybridized carbons (Fsp3) is 0.188. The summed E-state index contributed by atoms with van der Waals surface area (Å²) in [5.41, 5.74) is 2.32. The van der Waals surface area contributed by atoms with Gasteiger partial charge in [-0.25, -0.2) is 4.98 Å². The highest BCUT2D eigenvalue weighted by atomic mass is 16.1. The van der Waals surface area contributed by atoms with E-state index >= 15 is 0 Å². The Morgan fingerprint density at radius 3 is 2.75 bits per heavy atom. The van der Waals surface area contributed by atoms with Gasteiger partial charge in [-0.1, -0.05) is 32.0 Å². The molecule has 3 aromatic rings. The predicted octanol–water partition coefficient (Wildman–Crippen LogP) is 3.11. The van der Waals surface area contributed by atoms with E-state index in [9.17, 15) is 4.79 Å². The first-order valence-corrected chi connectivity index (χ1v) is 6.60. The summed E-state index contributed by atoms with van der Waals surface area (Å²) in [7, 11) is 0. The van der Waals surface area contributed by atoms with Crippen molar-refractivity contribution in [1.29, 1.82) is 0 Å². The van der Waals surface area contributed by atoms with Gasteiger partial charge >= 0.3 is 0 Å². The summed E-state index contributed by atoms with van der Waals surface area (Å²) in [6.45, 7) is 4.00. The Morgan fingerprint density at radius 1 is 1.15 bits per heavy atom. The van der Waals surface area contributed by atoms with Gasteiger partial charge in [0.15, 0.2) is 0 Å². The molecule has 0 radical (unpaired) electrons. The summed E-state index contributed by atoms with van der Waals surface area (Å²) in [4.78, 5) is 23.4. The third kappa shape index (κ3) is 2.32. The Kier molecular flexibility index (Phi) is 3.06. The SMILES string of the molecule is CC(C)c1nc(-c2cnc3ccccc3c2)cc(=O)[nH]1. The van der Waals surface area contributed by atoms with Crippen LogP contribution in [0.4, 0.5) is 0 Å². The van der Waals surface area contributed by atoms with E-state index in [-0.39, 0.29) is 11.5 Å². The van der Waals surface area contributed by atoms with Gasteiger partial charge in [-0.15, -0.1) is 0 Å². The second kappa shape index (κ2) is 4.89. The van der Waals surface area contributed by atoms with E-state index in [1.54, 1.807) is 6.20 Å². The lowest BCUT2D eigenvalue weighted by molar-refractivity contribution is 0.768. The lowest BCUT2D eigenvalue weighted by atomic mass is 10.1. The highest BCUT2D eigenvalue weighted by molar-refractivity contribution is 5.82. The van der Waals surface area contributed by atoms with Crippen molar-refractivity contribution < 1.29 is 0 Å². The van der Waals surface area contributed by atoms with Crippen molar-refractivity contribution in [1.82, 2.24) is 15.0 Å². The van der Waals surface area contributed by atoms with E-state index in [2.05, 4.69) is 15.0 Å². The van der Waals surface area contributed by atoms with E-state index in [1.807, 2.05) is 44.2 Å². The van der Waals surface area contributed by atoms with E-state index in [0.29, 0.717) is 11.5 Å². The molecule has 2 heterocycles. The summed E-state index contributed by atoms with van der Waals surface area (Å²) in [5, 5.41) is 1.04. The van der Waals surface area contributed by atoms with Crippen LogP contribution in [0.2, 0.25) is 0 Å². The molecule has 0 fully saturated rings.